The summed E-state index contributed by atoms with van der Waals surface area (Å²) in [7, 11) is -4.01. The molecule has 2 aromatic rings. The molecule has 0 radical (unpaired) electrons. The van der Waals surface area contributed by atoms with Gasteiger partial charge in [-0.15, -0.1) is 0 Å². The molecule has 0 fully saturated rings. The third kappa shape index (κ3) is 3.19. The van der Waals surface area contributed by atoms with Gasteiger partial charge in [-0.25, -0.2) is 17.2 Å². The smallest absolute Gasteiger partial charge is 0.262 e. The normalized spacial score (nSPS) is 11.3. The molecular formula is C12H10F2N2O2S. The molecule has 3 N–H and O–H groups in total. The van der Waals surface area contributed by atoms with Gasteiger partial charge < -0.3 is 5.73 Å². The molecule has 0 aliphatic heterocycles. The Morgan fingerprint density at radius 2 is 1.74 bits per heavy atom. The molecule has 0 saturated heterocycles. The van der Waals surface area contributed by atoms with Crippen molar-refractivity contribution in [2.24, 2.45) is 0 Å². The van der Waals surface area contributed by atoms with Crippen LogP contribution in [0, 0.1) is 11.6 Å². The quantitative estimate of drug-likeness (QED) is 0.850. The van der Waals surface area contributed by atoms with E-state index in [9.17, 15) is 17.2 Å². The Bertz CT molecular complexity index is 697. The predicted molar refractivity (Wildman–Crippen MR) is 68.0 cm³/mol. The summed E-state index contributed by atoms with van der Waals surface area (Å²) in [5.74, 6) is -1.35. The summed E-state index contributed by atoms with van der Waals surface area (Å²) < 4.78 is 52.2. The van der Waals surface area contributed by atoms with Crippen LogP contribution in [-0.2, 0) is 10.0 Å². The van der Waals surface area contributed by atoms with Crippen LogP contribution in [0.25, 0.3) is 0 Å². The number of anilines is 2. The first kappa shape index (κ1) is 13.3. The van der Waals surface area contributed by atoms with Crippen molar-refractivity contribution >= 4 is 21.4 Å². The standard InChI is InChI=1S/C12H10F2N2O2S/c13-8-2-1-3-11(5-8)16-19(17,18)12-6-9(14)4-10(15)7-12/h1-7,16H,15H2. The Balaban J connectivity index is 2.37. The van der Waals surface area contributed by atoms with Gasteiger partial charge in [0.15, 0.2) is 0 Å². The van der Waals surface area contributed by atoms with Crippen molar-refractivity contribution < 1.29 is 17.2 Å². The molecule has 0 unspecified atom stereocenters. The van der Waals surface area contributed by atoms with E-state index in [1.165, 1.54) is 18.2 Å². The molecule has 0 spiro atoms. The number of halogens is 2. The fourth-order valence-electron chi connectivity index (χ4n) is 1.51. The van der Waals surface area contributed by atoms with Crippen LogP contribution in [0.2, 0.25) is 0 Å². The zero-order valence-electron chi connectivity index (χ0n) is 9.60. The summed E-state index contributed by atoms with van der Waals surface area (Å²) in [5.41, 5.74) is 5.41. The number of sulfonamides is 1. The number of nitrogens with two attached hydrogens (primary N) is 1. The number of nitrogens with one attached hydrogen (secondary N) is 1. The first-order chi connectivity index (χ1) is 8.87. The predicted octanol–water partition coefficient (Wildman–Crippen LogP) is 2.35. The molecule has 0 aliphatic rings. The van der Waals surface area contributed by atoms with E-state index in [4.69, 9.17) is 5.73 Å². The molecule has 2 aromatic carbocycles. The Kier molecular flexibility index (Phi) is 3.39. The average molecular weight is 284 g/mol. The maximum atomic E-state index is 13.1. The lowest BCUT2D eigenvalue weighted by molar-refractivity contribution is 0.595. The van der Waals surface area contributed by atoms with Gasteiger partial charge in [0, 0.05) is 5.69 Å². The molecule has 0 heterocycles. The maximum Gasteiger partial charge on any atom is 0.262 e. The van der Waals surface area contributed by atoms with Gasteiger partial charge in [0.05, 0.1) is 10.6 Å². The third-order valence-electron chi connectivity index (χ3n) is 2.28. The topological polar surface area (TPSA) is 72.2 Å². The Morgan fingerprint density at radius 3 is 2.37 bits per heavy atom. The second kappa shape index (κ2) is 4.85. The Labute approximate surface area is 108 Å². The van der Waals surface area contributed by atoms with Crippen molar-refractivity contribution in [2.75, 3.05) is 10.5 Å². The lowest BCUT2D eigenvalue weighted by Crippen LogP contribution is -2.13. The summed E-state index contributed by atoms with van der Waals surface area (Å²) in [6, 6.07) is 7.87. The highest BCUT2D eigenvalue weighted by atomic mass is 32.2. The minimum Gasteiger partial charge on any atom is -0.399 e. The summed E-state index contributed by atoms with van der Waals surface area (Å²) in [6.45, 7) is 0. The molecular weight excluding hydrogens is 274 g/mol. The monoisotopic (exact) mass is 284 g/mol. The zero-order valence-corrected chi connectivity index (χ0v) is 10.4. The summed E-state index contributed by atoms with van der Waals surface area (Å²) in [6.07, 6.45) is 0. The van der Waals surface area contributed by atoms with E-state index < -0.39 is 21.7 Å². The van der Waals surface area contributed by atoms with E-state index in [1.807, 2.05) is 0 Å². The second-order valence-electron chi connectivity index (χ2n) is 3.84. The molecule has 0 bridgehead atoms. The minimum absolute atomic E-state index is 0.0142. The molecule has 0 saturated carbocycles. The highest BCUT2D eigenvalue weighted by molar-refractivity contribution is 7.92. The van der Waals surface area contributed by atoms with Crippen molar-refractivity contribution in [1.82, 2.24) is 0 Å². The van der Waals surface area contributed by atoms with Crippen LogP contribution in [-0.4, -0.2) is 8.42 Å². The molecule has 4 nitrogen and oxygen atoms in total. The SMILES string of the molecule is Nc1cc(F)cc(S(=O)(=O)Nc2cccc(F)c2)c1. The fraction of sp³-hybridized carbons (Fsp3) is 0. The van der Waals surface area contributed by atoms with Crippen molar-refractivity contribution in [3.05, 3.63) is 54.1 Å². The largest absolute Gasteiger partial charge is 0.399 e. The summed E-state index contributed by atoms with van der Waals surface area (Å²) in [4.78, 5) is -0.325. The van der Waals surface area contributed by atoms with Crippen LogP contribution in [0.4, 0.5) is 20.2 Å². The number of nitrogen functional groups attached to an aromatic ring is 1. The van der Waals surface area contributed by atoms with Crippen LogP contribution in [0.15, 0.2) is 47.4 Å². The van der Waals surface area contributed by atoms with Crippen molar-refractivity contribution in [2.45, 2.75) is 4.90 Å². The van der Waals surface area contributed by atoms with Crippen LogP contribution >= 0.6 is 0 Å². The minimum atomic E-state index is -4.01. The first-order valence-corrected chi connectivity index (χ1v) is 6.69. The number of hydrogen-bond donors (Lipinski definition) is 2. The van der Waals surface area contributed by atoms with Gasteiger partial charge in [-0.2, -0.15) is 0 Å². The van der Waals surface area contributed by atoms with Crippen molar-refractivity contribution in [3.8, 4) is 0 Å². The second-order valence-corrected chi connectivity index (χ2v) is 5.52. The van der Waals surface area contributed by atoms with E-state index in [2.05, 4.69) is 4.72 Å². The van der Waals surface area contributed by atoms with Gasteiger partial charge in [0.2, 0.25) is 0 Å². The summed E-state index contributed by atoms with van der Waals surface area (Å²) >= 11 is 0. The highest BCUT2D eigenvalue weighted by Crippen LogP contribution is 2.20. The van der Waals surface area contributed by atoms with Gasteiger partial charge in [0.25, 0.3) is 10.0 Å². The van der Waals surface area contributed by atoms with Gasteiger partial charge in [-0.1, -0.05) is 6.07 Å². The van der Waals surface area contributed by atoms with Gasteiger partial charge in [-0.3, -0.25) is 4.72 Å². The van der Waals surface area contributed by atoms with Crippen LogP contribution in [0.5, 0.6) is 0 Å². The molecule has 7 heteroatoms. The van der Waals surface area contributed by atoms with Crippen LogP contribution in [0.1, 0.15) is 0 Å². The number of hydrogen-bond acceptors (Lipinski definition) is 3. The van der Waals surface area contributed by atoms with Crippen molar-refractivity contribution in [3.63, 3.8) is 0 Å². The van der Waals surface area contributed by atoms with E-state index >= 15 is 0 Å². The lowest BCUT2D eigenvalue weighted by atomic mass is 10.3. The average Bonchev–Trinajstić information content (AvgIpc) is 2.26. The van der Waals surface area contributed by atoms with E-state index in [0.717, 1.165) is 24.3 Å². The first-order valence-electron chi connectivity index (χ1n) is 5.21. The fourth-order valence-corrected chi connectivity index (χ4v) is 2.62. The highest BCUT2D eigenvalue weighted by Gasteiger charge is 2.16. The van der Waals surface area contributed by atoms with Crippen LogP contribution < -0.4 is 10.5 Å². The third-order valence-corrected chi connectivity index (χ3v) is 3.64. The van der Waals surface area contributed by atoms with E-state index in [0.29, 0.717) is 0 Å². The van der Waals surface area contributed by atoms with Gasteiger partial charge >= 0.3 is 0 Å². The molecule has 0 amide bonds. The molecule has 0 aromatic heterocycles. The molecule has 0 atom stereocenters. The number of rotatable bonds is 3. The zero-order chi connectivity index (χ0) is 14.0. The molecule has 19 heavy (non-hydrogen) atoms. The maximum absolute atomic E-state index is 13.1. The van der Waals surface area contributed by atoms with Gasteiger partial charge in [-0.05, 0) is 36.4 Å². The molecule has 0 aliphatic carbocycles. The Morgan fingerprint density at radius 1 is 1.00 bits per heavy atom. The molecule has 100 valence electrons. The van der Waals surface area contributed by atoms with Crippen molar-refractivity contribution in [1.29, 1.82) is 0 Å². The van der Waals surface area contributed by atoms with Crippen LogP contribution in [0.3, 0.4) is 0 Å². The van der Waals surface area contributed by atoms with E-state index in [1.54, 1.807) is 0 Å². The lowest BCUT2D eigenvalue weighted by Gasteiger charge is -2.08. The van der Waals surface area contributed by atoms with E-state index in [-0.39, 0.29) is 16.3 Å². The van der Waals surface area contributed by atoms with Gasteiger partial charge in [0.1, 0.15) is 11.6 Å². The molecule has 2 rings (SSSR count). The Hall–Kier alpha value is -2.15. The summed E-state index contributed by atoms with van der Waals surface area (Å²) in [5, 5.41) is 0. The number of benzene rings is 2.